The molecular weight excluding hydrogens is 346 g/mol. The smallest absolute Gasteiger partial charge is 0.410 e. The van der Waals surface area contributed by atoms with Crippen molar-refractivity contribution in [2.75, 3.05) is 39.8 Å². The lowest BCUT2D eigenvalue weighted by Gasteiger charge is -2.54. The highest BCUT2D eigenvalue weighted by molar-refractivity contribution is 5.72. The number of hydrogen-bond donors (Lipinski definition) is 0. The van der Waals surface area contributed by atoms with E-state index in [4.69, 9.17) is 9.47 Å². The minimum absolute atomic E-state index is 0.160. The van der Waals surface area contributed by atoms with Crippen LogP contribution in [0.15, 0.2) is 0 Å². The third-order valence-corrected chi connectivity index (χ3v) is 7.94. The van der Waals surface area contributed by atoms with E-state index < -0.39 is 0 Å². The first-order valence-corrected chi connectivity index (χ1v) is 10.3. The van der Waals surface area contributed by atoms with Gasteiger partial charge in [-0.25, -0.2) is 9.59 Å². The summed E-state index contributed by atoms with van der Waals surface area (Å²) in [6, 6.07) is 0.599. The van der Waals surface area contributed by atoms with Gasteiger partial charge in [-0.2, -0.15) is 0 Å². The quantitative estimate of drug-likeness (QED) is 0.738. The number of methoxy groups -OCH3 is 1. The van der Waals surface area contributed by atoms with Crippen LogP contribution >= 0.6 is 0 Å². The summed E-state index contributed by atoms with van der Waals surface area (Å²) >= 11 is 0. The predicted octanol–water partition coefficient (Wildman–Crippen LogP) is 2.69. The second-order valence-corrected chi connectivity index (χ2v) is 9.41. The Hall–Kier alpha value is -1.50. The van der Waals surface area contributed by atoms with Crippen molar-refractivity contribution in [3.8, 4) is 0 Å². The van der Waals surface area contributed by atoms with Gasteiger partial charge in [0.2, 0.25) is 0 Å². The number of carbonyl (C=O) groups excluding carboxylic acids is 2. The lowest BCUT2D eigenvalue weighted by molar-refractivity contribution is -0.0801. The van der Waals surface area contributed by atoms with Gasteiger partial charge in [-0.15, -0.1) is 0 Å². The molecule has 0 aromatic carbocycles. The average Bonchev–Trinajstić information content (AvgIpc) is 3.13. The summed E-state index contributed by atoms with van der Waals surface area (Å²) in [5.41, 5.74) is -0.308. The molecular formula is C20H33N3O4. The molecule has 0 unspecified atom stereocenters. The van der Waals surface area contributed by atoms with Crippen LogP contribution in [0.3, 0.4) is 0 Å². The Morgan fingerprint density at radius 3 is 2.41 bits per heavy atom. The minimum atomic E-state index is -0.354. The molecule has 0 aromatic heterocycles. The van der Waals surface area contributed by atoms with Gasteiger partial charge < -0.3 is 19.3 Å². The molecule has 0 N–H and O–H groups in total. The second-order valence-electron chi connectivity index (χ2n) is 9.41. The van der Waals surface area contributed by atoms with Crippen LogP contribution in [-0.4, -0.2) is 83.9 Å². The van der Waals surface area contributed by atoms with Crippen LogP contribution in [0.5, 0.6) is 0 Å². The lowest BCUT2D eigenvalue weighted by atomic mass is 9.63. The Morgan fingerprint density at radius 1 is 1.19 bits per heavy atom. The average molecular weight is 380 g/mol. The highest BCUT2D eigenvalue weighted by atomic mass is 16.6. The molecule has 2 amide bonds. The normalized spacial score (nSPS) is 34.8. The molecule has 4 aliphatic rings. The molecule has 152 valence electrons. The summed E-state index contributed by atoms with van der Waals surface area (Å²) in [6.45, 7) is 10.6. The van der Waals surface area contributed by atoms with Gasteiger partial charge in [0.05, 0.1) is 12.6 Å². The number of piperidine rings is 1. The van der Waals surface area contributed by atoms with Gasteiger partial charge in [-0.05, 0) is 45.4 Å². The van der Waals surface area contributed by atoms with Gasteiger partial charge in [0.1, 0.15) is 5.60 Å². The fourth-order valence-electron chi connectivity index (χ4n) is 6.06. The monoisotopic (exact) mass is 379 g/mol. The van der Waals surface area contributed by atoms with Gasteiger partial charge in [-0.3, -0.25) is 4.90 Å². The first-order valence-electron chi connectivity index (χ1n) is 10.3. The molecule has 2 spiro atoms. The van der Waals surface area contributed by atoms with E-state index in [0.29, 0.717) is 18.0 Å². The molecule has 0 aromatic rings. The van der Waals surface area contributed by atoms with Crippen LogP contribution < -0.4 is 0 Å². The van der Waals surface area contributed by atoms with Crippen molar-refractivity contribution in [1.29, 1.82) is 0 Å². The highest BCUT2D eigenvalue weighted by Gasteiger charge is 2.61. The van der Waals surface area contributed by atoms with E-state index in [2.05, 4.69) is 18.7 Å². The minimum Gasteiger partial charge on any atom is -0.453 e. The Bertz CT molecular complexity index is 621. The van der Waals surface area contributed by atoms with E-state index in [0.717, 1.165) is 58.3 Å². The Morgan fingerprint density at radius 2 is 1.85 bits per heavy atom. The van der Waals surface area contributed by atoms with Crippen LogP contribution in [0.4, 0.5) is 9.59 Å². The zero-order valence-corrected chi connectivity index (χ0v) is 17.1. The van der Waals surface area contributed by atoms with E-state index >= 15 is 0 Å². The topological polar surface area (TPSA) is 62.3 Å². The molecule has 1 saturated carbocycles. The van der Waals surface area contributed by atoms with E-state index in [1.54, 1.807) is 0 Å². The van der Waals surface area contributed by atoms with Gasteiger partial charge in [0.15, 0.2) is 0 Å². The Kier molecular flexibility index (Phi) is 4.37. The van der Waals surface area contributed by atoms with Crippen LogP contribution in [0, 0.1) is 5.41 Å². The van der Waals surface area contributed by atoms with E-state index in [-0.39, 0.29) is 23.3 Å². The third-order valence-electron chi connectivity index (χ3n) is 7.94. The molecule has 0 radical (unpaired) electrons. The van der Waals surface area contributed by atoms with Crippen molar-refractivity contribution in [1.82, 2.24) is 14.7 Å². The molecule has 4 rings (SSSR count). The highest BCUT2D eigenvalue weighted by Crippen LogP contribution is 2.52. The van der Waals surface area contributed by atoms with E-state index in [9.17, 15) is 9.59 Å². The van der Waals surface area contributed by atoms with Crippen molar-refractivity contribution >= 4 is 12.2 Å². The SMILES string of the molecule is CCN1C(=O)OC2(CCN(C3CC4(CCN(C(=O)OC)C4)C3)CC2)C1(C)C. The summed E-state index contributed by atoms with van der Waals surface area (Å²) in [4.78, 5) is 30.4. The molecule has 7 nitrogen and oxygen atoms in total. The molecule has 7 heteroatoms. The number of hydrogen-bond acceptors (Lipinski definition) is 5. The van der Waals surface area contributed by atoms with Gasteiger partial charge in [-0.1, -0.05) is 0 Å². The van der Waals surface area contributed by atoms with Crippen LogP contribution in [0.2, 0.25) is 0 Å². The fraction of sp³-hybridized carbons (Fsp3) is 0.900. The number of likely N-dealkylation sites (tertiary alicyclic amines) is 2. The van der Waals surface area contributed by atoms with Gasteiger partial charge >= 0.3 is 12.2 Å². The molecule has 1 aliphatic carbocycles. The summed E-state index contributed by atoms with van der Waals surface area (Å²) in [6.07, 6.45) is 4.87. The molecule has 0 bridgehead atoms. The predicted molar refractivity (Wildman–Crippen MR) is 101 cm³/mol. The number of nitrogens with zero attached hydrogens (tertiary/aromatic N) is 3. The molecule has 4 fully saturated rings. The summed E-state index contributed by atoms with van der Waals surface area (Å²) in [5.74, 6) is 0. The Balaban J connectivity index is 1.33. The van der Waals surface area contributed by atoms with Crippen molar-refractivity contribution < 1.29 is 19.1 Å². The van der Waals surface area contributed by atoms with Crippen LogP contribution in [-0.2, 0) is 9.47 Å². The van der Waals surface area contributed by atoms with Crippen molar-refractivity contribution in [2.24, 2.45) is 5.41 Å². The maximum Gasteiger partial charge on any atom is 0.410 e. The standard InChI is InChI=1S/C20H33N3O4/c1-5-23-17(25)27-20(18(23,2)3)7-10-21(11-8-20)15-12-19(13-15)6-9-22(14-19)16(24)26-4/h15H,5-14H2,1-4H3. The molecule has 3 saturated heterocycles. The second kappa shape index (κ2) is 6.26. The zero-order valence-electron chi connectivity index (χ0n) is 17.1. The lowest BCUT2D eigenvalue weighted by Crippen LogP contribution is -2.61. The summed E-state index contributed by atoms with van der Waals surface area (Å²) < 4.78 is 10.8. The Labute approximate surface area is 161 Å². The maximum atomic E-state index is 12.3. The molecule has 0 atom stereocenters. The first-order chi connectivity index (χ1) is 12.8. The summed E-state index contributed by atoms with van der Waals surface area (Å²) in [5, 5.41) is 0. The number of rotatable bonds is 2. The van der Waals surface area contributed by atoms with Gasteiger partial charge in [0, 0.05) is 51.6 Å². The molecule has 27 heavy (non-hydrogen) atoms. The summed E-state index contributed by atoms with van der Waals surface area (Å²) in [7, 11) is 1.46. The van der Waals surface area contributed by atoms with Gasteiger partial charge in [0.25, 0.3) is 0 Å². The van der Waals surface area contributed by atoms with Crippen molar-refractivity contribution in [3.63, 3.8) is 0 Å². The number of likely N-dealkylation sites (N-methyl/N-ethyl adjacent to an activating group) is 1. The zero-order chi connectivity index (χ0) is 19.4. The van der Waals surface area contributed by atoms with Crippen molar-refractivity contribution in [3.05, 3.63) is 0 Å². The number of carbonyl (C=O) groups is 2. The largest absolute Gasteiger partial charge is 0.453 e. The number of ether oxygens (including phenoxy) is 2. The van der Waals surface area contributed by atoms with Crippen LogP contribution in [0.25, 0.3) is 0 Å². The van der Waals surface area contributed by atoms with Crippen molar-refractivity contribution in [2.45, 2.75) is 70.1 Å². The van der Waals surface area contributed by atoms with Crippen LogP contribution in [0.1, 0.15) is 52.9 Å². The van der Waals surface area contributed by atoms with E-state index in [1.165, 1.54) is 7.11 Å². The molecule has 3 heterocycles. The fourth-order valence-corrected chi connectivity index (χ4v) is 6.06. The third kappa shape index (κ3) is 2.72. The first kappa shape index (κ1) is 18.8. The van der Waals surface area contributed by atoms with E-state index in [1.807, 2.05) is 16.7 Å². The molecule has 3 aliphatic heterocycles. The number of amides is 2. The maximum absolute atomic E-state index is 12.3.